The van der Waals surface area contributed by atoms with E-state index < -0.39 is 0 Å². The smallest absolute Gasteiger partial charge is 0.224 e. The Morgan fingerprint density at radius 2 is 1.91 bits per heavy atom. The van der Waals surface area contributed by atoms with Crippen LogP contribution in [-0.2, 0) is 16.1 Å². The van der Waals surface area contributed by atoms with Crippen LogP contribution in [0.1, 0.15) is 25.8 Å². The first-order valence-corrected chi connectivity index (χ1v) is 8.77. The van der Waals surface area contributed by atoms with Crippen molar-refractivity contribution in [1.82, 2.24) is 9.80 Å². The Balaban J connectivity index is 1.77. The molecule has 1 fully saturated rings. The molecule has 0 aliphatic carbocycles. The zero-order chi connectivity index (χ0) is 16.8. The number of carbonyl (C=O) groups is 1. The van der Waals surface area contributed by atoms with E-state index in [9.17, 15) is 4.79 Å². The van der Waals surface area contributed by atoms with E-state index in [4.69, 9.17) is 27.9 Å². The molecule has 4 nitrogen and oxygen atoms in total. The van der Waals surface area contributed by atoms with Crippen molar-refractivity contribution in [2.75, 3.05) is 32.8 Å². The number of rotatable bonds is 6. The van der Waals surface area contributed by atoms with E-state index in [1.807, 2.05) is 30.9 Å². The van der Waals surface area contributed by atoms with Gasteiger partial charge in [-0.15, -0.1) is 0 Å². The van der Waals surface area contributed by atoms with E-state index in [0.717, 1.165) is 38.3 Å². The van der Waals surface area contributed by atoms with Gasteiger partial charge in [-0.1, -0.05) is 35.3 Å². The second-order valence-corrected chi connectivity index (χ2v) is 6.82. The molecule has 0 saturated carbocycles. The number of piperazine rings is 1. The maximum atomic E-state index is 12.1. The molecule has 0 unspecified atom stereocenters. The SMILES string of the molecule is CC(C)OCCC(=O)N1CCN(Cc2cccc(Cl)c2Cl)CC1. The summed E-state index contributed by atoms with van der Waals surface area (Å²) in [5, 5.41) is 1.21. The molecule has 23 heavy (non-hydrogen) atoms. The molecule has 2 rings (SSSR count). The molecular weight excluding hydrogens is 335 g/mol. The third kappa shape index (κ3) is 5.64. The van der Waals surface area contributed by atoms with Crippen LogP contribution in [0.4, 0.5) is 0 Å². The molecule has 1 aromatic rings. The van der Waals surface area contributed by atoms with Gasteiger partial charge in [-0.2, -0.15) is 0 Å². The summed E-state index contributed by atoms with van der Waals surface area (Å²) < 4.78 is 5.44. The van der Waals surface area contributed by atoms with E-state index in [1.54, 1.807) is 6.07 Å². The molecule has 1 amide bonds. The van der Waals surface area contributed by atoms with Crippen molar-refractivity contribution in [3.05, 3.63) is 33.8 Å². The molecule has 0 atom stereocenters. The summed E-state index contributed by atoms with van der Waals surface area (Å²) in [6.07, 6.45) is 0.625. The minimum absolute atomic E-state index is 0.169. The van der Waals surface area contributed by atoms with Crippen LogP contribution in [-0.4, -0.2) is 54.6 Å². The van der Waals surface area contributed by atoms with E-state index >= 15 is 0 Å². The second kappa shape index (κ2) is 8.88. The number of benzene rings is 1. The summed E-state index contributed by atoms with van der Waals surface area (Å²) in [6.45, 7) is 8.40. The number of carbonyl (C=O) groups excluding carboxylic acids is 1. The van der Waals surface area contributed by atoms with Crippen molar-refractivity contribution in [3.8, 4) is 0 Å². The van der Waals surface area contributed by atoms with Crippen molar-refractivity contribution in [2.24, 2.45) is 0 Å². The highest BCUT2D eigenvalue weighted by molar-refractivity contribution is 6.42. The van der Waals surface area contributed by atoms with Crippen molar-refractivity contribution < 1.29 is 9.53 Å². The monoisotopic (exact) mass is 358 g/mol. The fourth-order valence-corrected chi connectivity index (χ4v) is 2.99. The Kier molecular flexibility index (Phi) is 7.15. The topological polar surface area (TPSA) is 32.8 Å². The molecule has 0 aromatic heterocycles. The molecule has 128 valence electrons. The van der Waals surface area contributed by atoms with Gasteiger partial charge < -0.3 is 9.64 Å². The minimum atomic E-state index is 0.169. The number of amides is 1. The highest BCUT2D eigenvalue weighted by atomic mass is 35.5. The van der Waals surface area contributed by atoms with Crippen LogP contribution >= 0.6 is 23.2 Å². The molecule has 6 heteroatoms. The van der Waals surface area contributed by atoms with E-state index in [-0.39, 0.29) is 12.0 Å². The van der Waals surface area contributed by atoms with Crippen molar-refractivity contribution in [2.45, 2.75) is 32.9 Å². The Hall–Kier alpha value is -0.810. The van der Waals surface area contributed by atoms with Crippen molar-refractivity contribution in [1.29, 1.82) is 0 Å². The van der Waals surface area contributed by atoms with Gasteiger partial charge >= 0.3 is 0 Å². The number of hydrogen-bond acceptors (Lipinski definition) is 3. The first kappa shape index (κ1) is 18.5. The van der Waals surface area contributed by atoms with Crippen LogP contribution in [0.5, 0.6) is 0 Å². The van der Waals surface area contributed by atoms with Gasteiger partial charge in [0.2, 0.25) is 5.91 Å². The fraction of sp³-hybridized carbons (Fsp3) is 0.588. The molecule has 0 bridgehead atoms. The minimum Gasteiger partial charge on any atom is -0.378 e. The van der Waals surface area contributed by atoms with Crippen LogP contribution in [0.2, 0.25) is 10.0 Å². The lowest BCUT2D eigenvalue weighted by Gasteiger charge is -2.35. The Bertz CT molecular complexity index is 529. The maximum absolute atomic E-state index is 12.1. The molecule has 1 aliphatic rings. The van der Waals surface area contributed by atoms with Gasteiger partial charge in [0.1, 0.15) is 0 Å². The van der Waals surface area contributed by atoms with Crippen molar-refractivity contribution >= 4 is 29.1 Å². The summed E-state index contributed by atoms with van der Waals surface area (Å²) in [7, 11) is 0. The average Bonchev–Trinajstić information content (AvgIpc) is 2.52. The second-order valence-electron chi connectivity index (χ2n) is 6.04. The number of halogens is 2. The highest BCUT2D eigenvalue weighted by Crippen LogP contribution is 2.26. The summed E-state index contributed by atoms with van der Waals surface area (Å²) in [4.78, 5) is 16.3. The van der Waals surface area contributed by atoms with E-state index in [1.165, 1.54) is 0 Å². The number of nitrogens with zero attached hydrogens (tertiary/aromatic N) is 2. The van der Waals surface area contributed by atoms with Crippen LogP contribution in [0.25, 0.3) is 0 Å². The van der Waals surface area contributed by atoms with Crippen LogP contribution in [0.15, 0.2) is 18.2 Å². The van der Waals surface area contributed by atoms with Gasteiger partial charge in [-0.25, -0.2) is 0 Å². The summed E-state index contributed by atoms with van der Waals surface area (Å²) in [6, 6.07) is 5.70. The quantitative estimate of drug-likeness (QED) is 0.780. The third-order valence-electron chi connectivity index (χ3n) is 3.92. The summed E-state index contributed by atoms with van der Waals surface area (Å²) in [5.41, 5.74) is 1.03. The fourth-order valence-electron chi connectivity index (χ4n) is 2.61. The van der Waals surface area contributed by atoms with Gasteiger partial charge in [0, 0.05) is 32.7 Å². The van der Waals surface area contributed by atoms with Crippen LogP contribution in [0.3, 0.4) is 0 Å². The lowest BCUT2D eigenvalue weighted by atomic mass is 10.2. The van der Waals surface area contributed by atoms with Gasteiger partial charge in [0.05, 0.1) is 29.2 Å². The Morgan fingerprint density at radius 3 is 2.57 bits per heavy atom. The Morgan fingerprint density at radius 1 is 1.22 bits per heavy atom. The van der Waals surface area contributed by atoms with Crippen LogP contribution in [0, 0.1) is 0 Å². The molecule has 1 saturated heterocycles. The van der Waals surface area contributed by atoms with Gasteiger partial charge in [-0.05, 0) is 25.5 Å². The Labute approximate surface area is 148 Å². The molecule has 0 spiro atoms. The average molecular weight is 359 g/mol. The lowest BCUT2D eigenvalue weighted by Crippen LogP contribution is -2.48. The predicted molar refractivity (Wildman–Crippen MR) is 94.0 cm³/mol. The molecule has 1 aliphatic heterocycles. The highest BCUT2D eigenvalue weighted by Gasteiger charge is 2.21. The molecule has 0 N–H and O–H groups in total. The van der Waals surface area contributed by atoms with E-state index in [0.29, 0.717) is 23.1 Å². The zero-order valence-corrected chi connectivity index (χ0v) is 15.2. The molecule has 1 aromatic carbocycles. The molecular formula is C17H24Cl2N2O2. The first-order chi connectivity index (χ1) is 11.0. The summed E-state index contributed by atoms with van der Waals surface area (Å²) in [5.74, 6) is 0.172. The van der Waals surface area contributed by atoms with Gasteiger partial charge in [0.25, 0.3) is 0 Å². The number of ether oxygens (including phenoxy) is 1. The van der Waals surface area contributed by atoms with Gasteiger partial charge in [0.15, 0.2) is 0 Å². The largest absolute Gasteiger partial charge is 0.378 e. The standard InChI is InChI=1S/C17H24Cl2N2O2/c1-13(2)23-11-6-16(22)21-9-7-20(8-10-21)12-14-4-3-5-15(18)17(14)19/h3-5,13H,6-12H2,1-2H3. The predicted octanol–water partition coefficient (Wildman–Crippen LogP) is 3.45. The molecule has 0 radical (unpaired) electrons. The maximum Gasteiger partial charge on any atom is 0.224 e. The summed E-state index contributed by atoms with van der Waals surface area (Å²) >= 11 is 12.3. The first-order valence-electron chi connectivity index (χ1n) is 8.02. The number of hydrogen-bond donors (Lipinski definition) is 0. The zero-order valence-electron chi connectivity index (χ0n) is 13.7. The van der Waals surface area contributed by atoms with E-state index in [2.05, 4.69) is 4.90 Å². The molecule has 1 heterocycles. The van der Waals surface area contributed by atoms with Gasteiger partial charge in [-0.3, -0.25) is 9.69 Å². The normalized spacial score (nSPS) is 16.1. The van der Waals surface area contributed by atoms with Crippen LogP contribution < -0.4 is 0 Å². The lowest BCUT2D eigenvalue weighted by molar-refractivity contribution is -0.134. The third-order valence-corrected chi connectivity index (χ3v) is 4.78. The van der Waals surface area contributed by atoms with Crippen molar-refractivity contribution in [3.63, 3.8) is 0 Å².